The molecule has 0 aliphatic heterocycles. The molecule has 0 rings (SSSR count). The summed E-state index contributed by atoms with van der Waals surface area (Å²) in [5.74, 6) is -0.464. The van der Waals surface area contributed by atoms with E-state index in [0.29, 0.717) is 12.8 Å². The van der Waals surface area contributed by atoms with Gasteiger partial charge in [0, 0.05) is 6.54 Å². The maximum atomic E-state index is 12.6. The minimum Gasteiger partial charge on any atom is -0.393 e. The van der Waals surface area contributed by atoms with E-state index in [2.05, 4.69) is 31.3 Å². The summed E-state index contributed by atoms with van der Waals surface area (Å²) < 4.78 is 21.8. The molecule has 0 heterocycles. The molecule has 0 spiro atoms. The Kier molecular flexibility index (Phi) is 25.2. The van der Waals surface area contributed by atoms with Crippen molar-refractivity contribution in [3.8, 4) is 0 Å². The van der Waals surface area contributed by atoms with Crippen molar-refractivity contribution in [1.29, 1.82) is 0 Å². The molecule has 39 heavy (non-hydrogen) atoms. The number of amides is 1. The van der Waals surface area contributed by atoms with Crippen LogP contribution in [0.5, 0.6) is 0 Å². The average molecular weight is 577 g/mol. The molecule has 6 N–H and O–H groups in total. The quantitative estimate of drug-likeness (QED) is 0.0476. The predicted octanol–water partition coefficient (Wildman–Crippen LogP) is 5.68. The first-order chi connectivity index (χ1) is 18.8. The van der Waals surface area contributed by atoms with Gasteiger partial charge >= 0.3 is 7.82 Å². The molecule has 0 radical (unpaired) electrons. The van der Waals surface area contributed by atoms with E-state index in [9.17, 15) is 24.5 Å². The largest absolute Gasteiger partial charge is 0.472 e. The van der Waals surface area contributed by atoms with Crippen molar-refractivity contribution in [1.82, 2.24) is 5.32 Å². The van der Waals surface area contributed by atoms with Gasteiger partial charge in [-0.1, -0.05) is 102 Å². The third kappa shape index (κ3) is 24.5. The second-order valence-electron chi connectivity index (χ2n) is 10.1. The maximum Gasteiger partial charge on any atom is 0.472 e. The molecule has 0 aromatic rings. The SMILES string of the molecule is CCCCC/C=C/CC/C=C/C(O)C(COP(=O)(O)OCCN)NC(=O)CC(O)CCCCCCCCCC. The molecular weight excluding hydrogens is 519 g/mol. The lowest BCUT2D eigenvalue weighted by molar-refractivity contribution is -0.124. The third-order valence-electron chi connectivity index (χ3n) is 6.33. The summed E-state index contributed by atoms with van der Waals surface area (Å²) in [6.45, 7) is 3.81. The molecule has 9 nitrogen and oxygen atoms in total. The van der Waals surface area contributed by atoms with E-state index in [1.807, 2.05) is 0 Å². The highest BCUT2D eigenvalue weighted by Crippen LogP contribution is 2.43. The monoisotopic (exact) mass is 576 g/mol. The Hall–Kier alpha value is -1.06. The Morgan fingerprint density at radius 2 is 1.46 bits per heavy atom. The number of hydrogen-bond donors (Lipinski definition) is 5. The zero-order chi connectivity index (χ0) is 29.2. The first-order valence-electron chi connectivity index (χ1n) is 15.0. The topological polar surface area (TPSA) is 151 Å². The van der Waals surface area contributed by atoms with Crippen molar-refractivity contribution in [2.45, 2.75) is 135 Å². The predicted molar refractivity (Wildman–Crippen MR) is 158 cm³/mol. The molecule has 0 saturated heterocycles. The highest BCUT2D eigenvalue weighted by molar-refractivity contribution is 7.47. The van der Waals surface area contributed by atoms with Crippen molar-refractivity contribution >= 4 is 13.7 Å². The normalized spacial score (nSPS) is 15.9. The lowest BCUT2D eigenvalue weighted by Gasteiger charge is -2.24. The molecule has 10 heteroatoms. The van der Waals surface area contributed by atoms with Gasteiger partial charge in [-0.05, 0) is 32.1 Å². The second kappa shape index (κ2) is 25.9. The van der Waals surface area contributed by atoms with Gasteiger partial charge in [-0.15, -0.1) is 0 Å². The second-order valence-corrected chi connectivity index (χ2v) is 11.6. The van der Waals surface area contributed by atoms with Crippen LogP contribution in [0.15, 0.2) is 24.3 Å². The summed E-state index contributed by atoms with van der Waals surface area (Å²) in [5.41, 5.74) is 5.30. The van der Waals surface area contributed by atoms with Crippen LogP contribution in [0.1, 0.15) is 117 Å². The Morgan fingerprint density at radius 3 is 2.13 bits per heavy atom. The molecule has 1 amide bonds. The van der Waals surface area contributed by atoms with Crippen LogP contribution in [0.25, 0.3) is 0 Å². The fourth-order valence-electron chi connectivity index (χ4n) is 4.01. The van der Waals surface area contributed by atoms with Gasteiger partial charge in [-0.2, -0.15) is 0 Å². The first-order valence-corrected chi connectivity index (χ1v) is 16.5. The number of aliphatic hydroxyl groups excluding tert-OH is 2. The summed E-state index contributed by atoms with van der Waals surface area (Å²) in [4.78, 5) is 22.4. The van der Waals surface area contributed by atoms with Crippen LogP contribution in [0.4, 0.5) is 0 Å². The van der Waals surface area contributed by atoms with E-state index in [1.54, 1.807) is 12.2 Å². The van der Waals surface area contributed by atoms with Crippen molar-refractivity contribution in [2.75, 3.05) is 19.8 Å². The van der Waals surface area contributed by atoms with Gasteiger partial charge in [0.15, 0.2) is 0 Å². The van der Waals surface area contributed by atoms with Crippen molar-refractivity contribution in [3.63, 3.8) is 0 Å². The number of carbonyl (C=O) groups excluding carboxylic acids is 1. The van der Waals surface area contributed by atoms with Gasteiger partial charge in [0.2, 0.25) is 5.91 Å². The van der Waals surface area contributed by atoms with E-state index in [-0.39, 0.29) is 19.6 Å². The number of allylic oxidation sites excluding steroid dienone is 3. The van der Waals surface area contributed by atoms with Crippen LogP contribution in [-0.4, -0.2) is 59.0 Å². The molecule has 0 aromatic heterocycles. The van der Waals surface area contributed by atoms with Gasteiger partial charge < -0.3 is 26.2 Å². The van der Waals surface area contributed by atoms with Crippen LogP contribution < -0.4 is 11.1 Å². The first kappa shape index (κ1) is 37.9. The zero-order valence-electron chi connectivity index (χ0n) is 24.5. The summed E-state index contributed by atoms with van der Waals surface area (Å²) in [7, 11) is -4.38. The number of phosphoric acid groups is 1. The molecule has 0 saturated carbocycles. The van der Waals surface area contributed by atoms with Crippen molar-refractivity contribution in [3.05, 3.63) is 24.3 Å². The highest BCUT2D eigenvalue weighted by Gasteiger charge is 2.27. The Balaban J connectivity index is 4.68. The van der Waals surface area contributed by atoms with Crippen molar-refractivity contribution in [2.24, 2.45) is 5.73 Å². The fraction of sp³-hybridized carbons (Fsp3) is 0.828. The summed E-state index contributed by atoms with van der Waals surface area (Å²) in [6, 6.07) is -0.990. The molecule has 0 fully saturated rings. The van der Waals surface area contributed by atoms with Gasteiger partial charge in [-0.3, -0.25) is 13.8 Å². The number of rotatable bonds is 27. The lowest BCUT2D eigenvalue weighted by Crippen LogP contribution is -2.46. The zero-order valence-corrected chi connectivity index (χ0v) is 25.4. The number of unbranched alkanes of at least 4 members (excludes halogenated alkanes) is 11. The Morgan fingerprint density at radius 1 is 0.872 bits per heavy atom. The molecule has 4 unspecified atom stereocenters. The van der Waals surface area contributed by atoms with E-state index in [1.165, 1.54) is 51.4 Å². The smallest absolute Gasteiger partial charge is 0.393 e. The van der Waals surface area contributed by atoms with Crippen LogP contribution in [-0.2, 0) is 18.4 Å². The molecule has 0 aliphatic rings. The maximum absolute atomic E-state index is 12.6. The molecule has 0 aliphatic carbocycles. The fourth-order valence-corrected chi connectivity index (χ4v) is 4.77. The standard InChI is InChI=1S/C29H57N2O7P/c1-3-5-7-9-11-13-15-17-19-21-28(33)27(25-38-39(35,36)37-23-22-30)31-29(34)24-26(32)20-18-16-14-12-10-8-6-4-2/h11,13,19,21,26-28,32-33H,3-10,12,14-18,20,22-25,30H2,1-2H3,(H,31,34)(H,35,36)/b13-11+,21-19+. The Labute approximate surface area is 237 Å². The van der Waals surface area contributed by atoms with E-state index < -0.39 is 38.6 Å². The van der Waals surface area contributed by atoms with Crippen molar-refractivity contribution < 1.29 is 33.5 Å². The van der Waals surface area contributed by atoms with Crippen LogP contribution in [0.2, 0.25) is 0 Å². The minimum absolute atomic E-state index is 0.0449. The molecular formula is C29H57N2O7P. The van der Waals surface area contributed by atoms with E-state index in [0.717, 1.165) is 32.1 Å². The summed E-state index contributed by atoms with van der Waals surface area (Å²) in [6.07, 6.45) is 21.5. The summed E-state index contributed by atoms with van der Waals surface area (Å²) >= 11 is 0. The minimum atomic E-state index is -4.38. The van der Waals surface area contributed by atoms with E-state index >= 15 is 0 Å². The van der Waals surface area contributed by atoms with Crippen LogP contribution in [0, 0.1) is 0 Å². The molecule has 230 valence electrons. The number of nitrogens with two attached hydrogens (primary N) is 1. The molecule has 0 bridgehead atoms. The van der Waals surface area contributed by atoms with Gasteiger partial charge in [-0.25, -0.2) is 4.57 Å². The van der Waals surface area contributed by atoms with Crippen LogP contribution >= 0.6 is 7.82 Å². The highest BCUT2D eigenvalue weighted by atomic mass is 31.2. The summed E-state index contributed by atoms with van der Waals surface area (Å²) in [5, 5.41) is 23.6. The van der Waals surface area contributed by atoms with Gasteiger partial charge in [0.1, 0.15) is 0 Å². The van der Waals surface area contributed by atoms with Crippen LogP contribution in [0.3, 0.4) is 0 Å². The molecule has 4 atom stereocenters. The number of hydrogen-bond acceptors (Lipinski definition) is 7. The number of aliphatic hydroxyl groups is 2. The van der Waals surface area contributed by atoms with Gasteiger partial charge in [0.25, 0.3) is 0 Å². The number of nitrogens with one attached hydrogen (secondary N) is 1. The average Bonchev–Trinajstić information content (AvgIpc) is 2.90. The lowest BCUT2D eigenvalue weighted by atomic mass is 10.0. The Bertz CT molecular complexity index is 691. The van der Waals surface area contributed by atoms with Gasteiger partial charge in [0.05, 0.1) is 37.9 Å². The third-order valence-corrected chi connectivity index (χ3v) is 7.32. The number of carbonyl (C=O) groups is 1. The molecule has 0 aromatic carbocycles. The van der Waals surface area contributed by atoms with E-state index in [4.69, 9.17) is 14.8 Å². The number of phosphoric ester groups is 1.